The Hall–Kier alpha value is -3.48. The van der Waals surface area contributed by atoms with Crippen molar-refractivity contribution in [2.24, 2.45) is 11.5 Å². The van der Waals surface area contributed by atoms with Gasteiger partial charge in [-0.05, 0) is 51.3 Å². The lowest BCUT2D eigenvalue weighted by molar-refractivity contribution is -0.142. The van der Waals surface area contributed by atoms with Gasteiger partial charge in [-0.3, -0.25) is 14.4 Å². The van der Waals surface area contributed by atoms with Gasteiger partial charge < -0.3 is 42.6 Å². The van der Waals surface area contributed by atoms with Gasteiger partial charge in [0.05, 0.1) is 6.10 Å². The van der Waals surface area contributed by atoms with Crippen LogP contribution in [-0.2, 0) is 25.6 Å². The SMILES string of the molecule is CC(NC(=O)C(N)C(C)O)C(=O)NC(Cc1c[nH]c2ccccc12)C(=O)NC(CCCCN)C(=O)O. The van der Waals surface area contributed by atoms with Crippen LogP contribution < -0.4 is 27.4 Å². The number of hydrogen-bond donors (Lipinski definition) is 8. The van der Waals surface area contributed by atoms with Gasteiger partial charge >= 0.3 is 5.97 Å². The molecule has 0 aliphatic rings. The van der Waals surface area contributed by atoms with Gasteiger partial charge in [-0.15, -0.1) is 0 Å². The van der Waals surface area contributed by atoms with Crippen LogP contribution in [0.5, 0.6) is 0 Å². The minimum Gasteiger partial charge on any atom is -0.480 e. The number of amides is 3. The summed E-state index contributed by atoms with van der Waals surface area (Å²) in [4.78, 5) is 53.0. The van der Waals surface area contributed by atoms with E-state index in [-0.39, 0.29) is 12.8 Å². The van der Waals surface area contributed by atoms with E-state index in [1.807, 2.05) is 24.3 Å². The Morgan fingerprint density at radius 3 is 2.28 bits per heavy atom. The Balaban J connectivity index is 2.21. The first-order chi connectivity index (χ1) is 17.0. The van der Waals surface area contributed by atoms with E-state index in [1.165, 1.54) is 13.8 Å². The first-order valence-electron chi connectivity index (χ1n) is 11.9. The molecule has 0 saturated carbocycles. The summed E-state index contributed by atoms with van der Waals surface area (Å²) < 4.78 is 0. The van der Waals surface area contributed by atoms with Crippen LogP contribution in [0.1, 0.15) is 38.7 Å². The first kappa shape index (κ1) is 28.8. The molecular formula is C24H36N6O6. The lowest BCUT2D eigenvalue weighted by atomic mass is 10.0. The Labute approximate surface area is 209 Å². The van der Waals surface area contributed by atoms with Crippen molar-refractivity contribution in [1.29, 1.82) is 0 Å². The van der Waals surface area contributed by atoms with Gasteiger partial charge in [0.1, 0.15) is 24.2 Å². The van der Waals surface area contributed by atoms with Crippen LogP contribution in [0.2, 0.25) is 0 Å². The molecule has 5 atom stereocenters. The zero-order chi connectivity index (χ0) is 26.8. The van der Waals surface area contributed by atoms with Crippen LogP contribution in [0, 0.1) is 0 Å². The highest BCUT2D eigenvalue weighted by molar-refractivity contribution is 5.94. The molecule has 198 valence electrons. The number of aliphatic hydroxyl groups excluding tert-OH is 1. The second-order valence-electron chi connectivity index (χ2n) is 8.81. The summed E-state index contributed by atoms with van der Waals surface area (Å²) in [5, 5.41) is 27.4. The van der Waals surface area contributed by atoms with Crippen LogP contribution >= 0.6 is 0 Å². The summed E-state index contributed by atoms with van der Waals surface area (Å²) in [5.41, 5.74) is 12.7. The standard InChI is InChI=1S/C24H36N6O6/c1-13(28-23(34)20(26)14(2)31)21(32)30-19(11-15-12-27-17-8-4-3-7-16(15)17)22(33)29-18(24(35)36)9-5-6-10-25/h3-4,7-8,12-14,18-20,27,31H,5-6,9-11,25-26H2,1-2H3,(H,28,34)(H,29,33)(H,30,32)(H,35,36). The number of carbonyl (C=O) groups excluding carboxylic acids is 3. The van der Waals surface area contributed by atoms with Crippen molar-refractivity contribution in [2.45, 2.75) is 69.8 Å². The molecule has 0 aliphatic carbocycles. The number of benzene rings is 1. The van der Waals surface area contributed by atoms with E-state index < -0.39 is 54.0 Å². The quantitative estimate of drug-likeness (QED) is 0.151. The van der Waals surface area contributed by atoms with Crippen molar-refractivity contribution in [3.63, 3.8) is 0 Å². The summed E-state index contributed by atoms with van der Waals surface area (Å²) >= 11 is 0. The summed E-state index contributed by atoms with van der Waals surface area (Å²) in [6.45, 7) is 3.17. The Bertz CT molecular complexity index is 1050. The second-order valence-corrected chi connectivity index (χ2v) is 8.81. The first-order valence-corrected chi connectivity index (χ1v) is 11.9. The molecule has 1 aromatic carbocycles. The minimum absolute atomic E-state index is 0.0740. The number of para-hydroxylation sites is 1. The third kappa shape index (κ3) is 8.04. The fourth-order valence-electron chi connectivity index (χ4n) is 3.64. The normalized spacial score (nSPS) is 15.4. The number of H-pyrrole nitrogens is 1. The predicted octanol–water partition coefficient (Wildman–Crippen LogP) is -0.894. The van der Waals surface area contributed by atoms with Gasteiger partial charge in [0.2, 0.25) is 17.7 Å². The maximum Gasteiger partial charge on any atom is 0.326 e. The maximum atomic E-state index is 13.2. The van der Waals surface area contributed by atoms with E-state index in [1.54, 1.807) is 6.20 Å². The Morgan fingerprint density at radius 1 is 0.972 bits per heavy atom. The molecule has 10 N–H and O–H groups in total. The predicted molar refractivity (Wildman–Crippen MR) is 134 cm³/mol. The number of rotatable bonds is 14. The van der Waals surface area contributed by atoms with Crippen molar-refractivity contribution in [3.8, 4) is 0 Å². The van der Waals surface area contributed by atoms with Crippen molar-refractivity contribution in [1.82, 2.24) is 20.9 Å². The number of aliphatic carboxylic acids is 1. The fraction of sp³-hybridized carbons (Fsp3) is 0.500. The van der Waals surface area contributed by atoms with Gasteiger partial charge in [0, 0.05) is 23.5 Å². The van der Waals surface area contributed by atoms with Gasteiger partial charge in [-0.2, -0.15) is 0 Å². The topological polar surface area (TPSA) is 213 Å². The van der Waals surface area contributed by atoms with Crippen LogP contribution in [-0.4, -0.2) is 75.7 Å². The molecule has 1 heterocycles. The molecule has 0 aliphatic heterocycles. The zero-order valence-electron chi connectivity index (χ0n) is 20.5. The molecule has 0 saturated heterocycles. The van der Waals surface area contributed by atoms with Crippen LogP contribution in [0.3, 0.4) is 0 Å². The van der Waals surface area contributed by atoms with E-state index >= 15 is 0 Å². The molecule has 0 fully saturated rings. The van der Waals surface area contributed by atoms with Gasteiger partial charge in [-0.25, -0.2) is 4.79 Å². The molecule has 0 radical (unpaired) electrons. The number of aromatic nitrogens is 1. The minimum atomic E-state index is -1.23. The highest BCUT2D eigenvalue weighted by Gasteiger charge is 2.30. The van der Waals surface area contributed by atoms with E-state index in [2.05, 4.69) is 20.9 Å². The van der Waals surface area contributed by atoms with E-state index in [4.69, 9.17) is 11.5 Å². The summed E-state index contributed by atoms with van der Waals surface area (Å²) in [6, 6.07) is 2.86. The molecule has 0 spiro atoms. The van der Waals surface area contributed by atoms with Gasteiger partial charge in [0.15, 0.2) is 0 Å². The Kier molecular flexibility index (Phi) is 10.8. The molecule has 12 nitrogen and oxygen atoms in total. The average molecular weight is 505 g/mol. The molecule has 12 heteroatoms. The van der Waals surface area contributed by atoms with Crippen molar-refractivity contribution in [2.75, 3.05) is 6.54 Å². The third-order valence-electron chi connectivity index (χ3n) is 5.87. The molecule has 36 heavy (non-hydrogen) atoms. The lowest BCUT2D eigenvalue weighted by Crippen LogP contribution is -2.57. The highest BCUT2D eigenvalue weighted by Crippen LogP contribution is 2.19. The number of carbonyl (C=O) groups is 4. The Morgan fingerprint density at radius 2 is 1.64 bits per heavy atom. The summed E-state index contributed by atoms with van der Waals surface area (Å²) in [6.07, 6.45) is 1.99. The number of fused-ring (bicyclic) bond motifs is 1. The zero-order valence-corrected chi connectivity index (χ0v) is 20.5. The maximum absolute atomic E-state index is 13.2. The monoisotopic (exact) mass is 504 g/mol. The largest absolute Gasteiger partial charge is 0.480 e. The van der Waals surface area contributed by atoms with Gasteiger partial charge in [0.25, 0.3) is 0 Å². The number of carboxylic acids is 1. The molecule has 1 aromatic heterocycles. The smallest absolute Gasteiger partial charge is 0.326 e. The van der Waals surface area contributed by atoms with Crippen LogP contribution in [0.15, 0.2) is 30.5 Å². The van der Waals surface area contributed by atoms with E-state index in [0.717, 1.165) is 16.5 Å². The number of hydrogen-bond acceptors (Lipinski definition) is 7. The fourth-order valence-corrected chi connectivity index (χ4v) is 3.64. The number of carboxylic acid groups (broad SMARTS) is 1. The summed E-state index contributed by atoms with van der Waals surface area (Å²) in [7, 11) is 0. The number of aliphatic hydroxyl groups is 1. The third-order valence-corrected chi connectivity index (χ3v) is 5.87. The number of unbranched alkanes of at least 4 members (excludes halogenated alkanes) is 1. The van der Waals surface area contributed by atoms with Crippen LogP contribution in [0.25, 0.3) is 10.9 Å². The molecule has 5 unspecified atom stereocenters. The number of nitrogens with one attached hydrogen (secondary N) is 4. The summed E-state index contributed by atoms with van der Waals surface area (Å²) in [5.74, 6) is -3.26. The van der Waals surface area contributed by atoms with Crippen molar-refractivity contribution < 1.29 is 29.4 Å². The number of aromatic amines is 1. The van der Waals surface area contributed by atoms with E-state index in [9.17, 15) is 29.4 Å². The second kappa shape index (κ2) is 13.6. The van der Waals surface area contributed by atoms with Gasteiger partial charge in [-0.1, -0.05) is 18.2 Å². The lowest BCUT2D eigenvalue weighted by Gasteiger charge is -2.24. The molecule has 3 amide bonds. The average Bonchev–Trinajstić information content (AvgIpc) is 3.24. The van der Waals surface area contributed by atoms with Crippen LogP contribution in [0.4, 0.5) is 0 Å². The van der Waals surface area contributed by atoms with E-state index in [0.29, 0.717) is 19.4 Å². The highest BCUT2D eigenvalue weighted by atomic mass is 16.4. The molecule has 0 bridgehead atoms. The van der Waals surface area contributed by atoms with Crippen molar-refractivity contribution >= 4 is 34.6 Å². The molecule has 2 rings (SSSR count). The number of nitrogens with two attached hydrogens (primary N) is 2. The molecular weight excluding hydrogens is 468 g/mol. The molecule has 2 aromatic rings. The van der Waals surface area contributed by atoms with Crippen molar-refractivity contribution in [3.05, 3.63) is 36.0 Å².